The van der Waals surface area contributed by atoms with Gasteiger partial charge in [0.25, 0.3) is 5.91 Å². The number of nitrogens with one attached hydrogen (secondary N) is 2. The highest BCUT2D eigenvalue weighted by atomic mass is 79.9. The van der Waals surface area contributed by atoms with Gasteiger partial charge in [0.1, 0.15) is 0 Å². The van der Waals surface area contributed by atoms with Crippen LogP contribution in [-0.4, -0.2) is 34.0 Å². The summed E-state index contributed by atoms with van der Waals surface area (Å²) in [6, 6.07) is 8.02. The van der Waals surface area contributed by atoms with E-state index in [2.05, 4.69) is 36.9 Å². The van der Waals surface area contributed by atoms with E-state index in [0.29, 0.717) is 11.7 Å². The molecule has 3 rings (SSSR count). The standard InChI is InChI=1S/C14H16BrN5O/c1-9(11-4-2-3-5-12(11)15)17-14(21)13-8-20(19-18-13)10-6-16-7-10/h2-5,8-10,16H,6-7H2,1H3,(H,17,21)/t9-/m1/s1. The van der Waals surface area contributed by atoms with Gasteiger partial charge in [0.05, 0.1) is 18.3 Å². The van der Waals surface area contributed by atoms with E-state index in [1.807, 2.05) is 31.2 Å². The molecule has 2 N–H and O–H groups in total. The first kappa shape index (κ1) is 14.2. The molecule has 0 saturated carbocycles. The van der Waals surface area contributed by atoms with Gasteiger partial charge in [-0.3, -0.25) is 4.79 Å². The average Bonchev–Trinajstić information content (AvgIpc) is 2.86. The number of benzene rings is 1. The third kappa shape index (κ3) is 2.98. The molecule has 1 aliphatic rings. The van der Waals surface area contributed by atoms with E-state index in [1.165, 1.54) is 0 Å². The molecule has 0 bridgehead atoms. The van der Waals surface area contributed by atoms with Crippen molar-refractivity contribution in [3.8, 4) is 0 Å². The summed E-state index contributed by atoms with van der Waals surface area (Å²) < 4.78 is 2.72. The molecule has 0 spiro atoms. The molecule has 1 aromatic carbocycles. The van der Waals surface area contributed by atoms with E-state index >= 15 is 0 Å². The first-order chi connectivity index (χ1) is 10.1. The average molecular weight is 350 g/mol. The Bertz CT molecular complexity index is 652. The maximum absolute atomic E-state index is 12.2. The molecule has 2 aromatic rings. The SMILES string of the molecule is C[C@@H](NC(=O)c1cn(C2CNC2)nn1)c1ccccc1Br. The van der Waals surface area contributed by atoms with Gasteiger partial charge in [0.15, 0.2) is 5.69 Å². The number of aromatic nitrogens is 3. The second kappa shape index (κ2) is 5.95. The topological polar surface area (TPSA) is 71.8 Å². The van der Waals surface area contributed by atoms with Crippen molar-refractivity contribution in [3.05, 3.63) is 46.2 Å². The molecule has 7 heteroatoms. The number of nitrogens with zero attached hydrogens (tertiary/aromatic N) is 3. The van der Waals surface area contributed by atoms with Crippen LogP contribution in [0.25, 0.3) is 0 Å². The fraction of sp³-hybridized carbons (Fsp3) is 0.357. The highest BCUT2D eigenvalue weighted by molar-refractivity contribution is 9.10. The van der Waals surface area contributed by atoms with Crippen LogP contribution < -0.4 is 10.6 Å². The van der Waals surface area contributed by atoms with E-state index in [-0.39, 0.29) is 11.9 Å². The number of halogens is 1. The lowest BCUT2D eigenvalue weighted by Gasteiger charge is -2.26. The molecule has 0 radical (unpaired) electrons. The molecular weight excluding hydrogens is 334 g/mol. The Morgan fingerprint density at radius 3 is 2.90 bits per heavy atom. The van der Waals surface area contributed by atoms with E-state index in [4.69, 9.17) is 0 Å². The Kier molecular flexibility index (Phi) is 4.03. The summed E-state index contributed by atoms with van der Waals surface area (Å²) >= 11 is 3.49. The minimum Gasteiger partial charge on any atom is -0.344 e. The second-order valence-corrected chi connectivity index (χ2v) is 5.97. The van der Waals surface area contributed by atoms with Crippen molar-refractivity contribution in [1.29, 1.82) is 0 Å². The van der Waals surface area contributed by atoms with Crippen LogP contribution in [0.15, 0.2) is 34.9 Å². The van der Waals surface area contributed by atoms with Gasteiger partial charge in [0, 0.05) is 17.6 Å². The normalized spacial score (nSPS) is 16.3. The maximum Gasteiger partial charge on any atom is 0.273 e. The molecule has 0 unspecified atom stereocenters. The zero-order valence-electron chi connectivity index (χ0n) is 11.6. The molecule has 1 atom stereocenters. The Morgan fingerprint density at radius 2 is 2.24 bits per heavy atom. The van der Waals surface area contributed by atoms with Crippen LogP contribution in [0, 0.1) is 0 Å². The number of hydrogen-bond acceptors (Lipinski definition) is 4. The fourth-order valence-corrected chi connectivity index (χ4v) is 2.82. The van der Waals surface area contributed by atoms with Crippen LogP contribution in [-0.2, 0) is 0 Å². The molecule has 6 nitrogen and oxygen atoms in total. The lowest BCUT2D eigenvalue weighted by atomic mass is 10.1. The summed E-state index contributed by atoms with van der Waals surface area (Å²) in [7, 11) is 0. The minimum atomic E-state index is -0.211. The Labute approximate surface area is 131 Å². The van der Waals surface area contributed by atoms with Crippen molar-refractivity contribution in [1.82, 2.24) is 25.6 Å². The smallest absolute Gasteiger partial charge is 0.273 e. The molecule has 0 aliphatic carbocycles. The third-order valence-electron chi connectivity index (χ3n) is 3.60. The van der Waals surface area contributed by atoms with E-state index < -0.39 is 0 Å². The third-order valence-corrected chi connectivity index (χ3v) is 4.32. The van der Waals surface area contributed by atoms with Crippen LogP contribution in [0.2, 0.25) is 0 Å². The minimum absolute atomic E-state index is 0.108. The van der Waals surface area contributed by atoms with Crippen molar-refractivity contribution in [3.63, 3.8) is 0 Å². The monoisotopic (exact) mass is 349 g/mol. The fourth-order valence-electron chi connectivity index (χ4n) is 2.19. The summed E-state index contributed by atoms with van der Waals surface area (Å²) in [6.07, 6.45) is 1.70. The summed E-state index contributed by atoms with van der Waals surface area (Å²) in [5.74, 6) is -0.211. The summed E-state index contributed by atoms with van der Waals surface area (Å²) in [5, 5.41) is 14.1. The van der Waals surface area contributed by atoms with Gasteiger partial charge in [-0.15, -0.1) is 5.10 Å². The predicted molar refractivity (Wildman–Crippen MR) is 82.0 cm³/mol. The van der Waals surface area contributed by atoms with E-state index in [9.17, 15) is 4.79 Å². The molecule has 1 saturated heterocycles. The first-order valence-corrected chi connectivity index (χ1v) is 7.62. The molecule has 110 valence electrons. The van der Waals surface area contributed by atoms with E-state index in [0.717, 1.165) is 23.1 Å². The van der Waals surface area contributed by atoms with Gasteiger partial charge in [-0.2, -0.15) is 0 Å². The Hall–Kier alpha value is -1.73. The molecular formula is C14H16BrN5O. The highest BCUT2D eigenvalue weighted by Gasteiger charge is 2.22. The molecule has 1 fully saturated rings. The first-order valence-electron chi connectivity index (χ1n) is 6.83. The Morgan fingerprint density at radius 1 is 1.48 bits per heavy atom. The Balaban J connectivity index is 1.68. The zero-order valence-corrected chi connectivity index (χ0v) is 13.2. The zero-order chi connectivity index (χ0) is 14.8. The largest absolute Gasteiger partial charge is 0.344 e. The van der Waals surface area contributed by atoms with Crippen LogP contribution >= 0.6 is 15.9 Å². The van der Waals surface area contributed by atoms with Crippen molar-refractivity contribution in [2.45, 2.75) is 19.0 Å². The number of rotatable bonds is 4. The lowest BCUT2D eigenvalue weighted by molar-refractivity contribution is 0.0934. The van der Waals surface area contributed by atoms with Gasteiger partial charge in [-0.05, 0) is 18.6 Å². The van der Waals surface area contributed by atoms with E-state index in [1.54, 1.807) is 10.9 Å². The highest BCUT2D eigenvalue weighted by Crippen LogP contribution is 2.22. The molecule has 21 heavy (non-hydrogen) atoms. The van der Waals surface area contributed by atoms with Crippen LogP contribution in [0.3, 0.4) is 0 Å². The predicted octanol–water partition coefficient (Wildman–Crippen LogP) is 1.68. The van der Waals surface area contributed by atoms with Gasteiger partial charge >= 0.3 is 0 Å². The van der Waals surface area contributed by atoms with Crippen molar-refractivity contribution >= 4 is 21.8 Å². The van der Waals surface area contributed by atoms with Crippen LogP contribution in [0.1, 0.15) is 35.1 Å². The van der Waals surface area contributed by atoms with Crippen molar-refractivity contribution < 1.29 is 4.79 Å². The van der Waals surface area contributed by atoms with Crippen molar-refractivity contribution in [2.75, 3.05) is 13.1 Å². The second-order valence-electron chi connectivity index (χ2n) is 5.11. The van der Waals surface area contributed by atoms with Gasteiger partial charge in [-0.1, -0.05) is 39.3 Å². The van der Waals surface area contributed by atoms with Crippen LogP contribution in [0.4, 0.5) is 0 Å². The molecule has 1 aromatic heterocycles. The number of amides is 1. The van der Waals surface area contributed by atoms with Crippen molar-refractivity contribution in [2.24, 2.45) is 0 Å². The number of hydrogen-bond donors (Lipinski definition) is 2. The van der Waals surface area contributed by atoms with Gasteiger partial charge < -0.3 is 10.6 Å². The number of carbonyl (C=O) groups excluding carboxylic acids is 1. The quantitative estimate of drug-likeness (QED) is 0.880. The van der Waals surface area contributed by atoms with Crippen LogP contribution in [0.5, 0.6) is 0 Å². The summed E-state index contributed by atoms with van der Waals surface area (Å²) in [6.45, 7) is 3.69. The molecule has 1 amide bonds. The molecule has 1 aliphatic heterocycles. The molecule has 2 heterocycles. The maximum atomic E-state index is 12.2. The van der Waals surface area contributed by atoms with Gasteiger partial charge in [-0.25, -0.2) is 4.68 Å². The summed E-state index contributed by atoms with van der Waals surface area (Å²) in [4.78, 5) is 12.2. The van der Waals surface area contributed by atoms with Gasteiger partial charge in [0.2, 0.25) is 0 Å². The lowest BCUT2D eigenvalue weighted by Crippen LogP contribution is -2.43. The summed E-state index contributed by atoms with van der Waals surface area (Å²) in [5.41, 5.74) is 1.38. The number of carbonyl (C=O) groups is 1.